The fraction of sp³-hybridized carbons (Fsp3) is 0.500. The fourth-order valence-corrected chi connectivity index (χ4v) is 1.16. The van der Waals surface area contributed by atoms with E-state index in [-0.39, 0.29) is 5.97 Å². The van der Waals surface area contributed by atoms with Gasteiger partial charge in [0.15, 0.2) is 5.69 Å². The van der Waals surface area contributed by atoms with Crippen LogP contribution in [0.4, 0.5) is 0 Å². The van der Waals surface area contributed by atoms with Gasteiger partial charge in [0.25, 0.3) is 0 Å². The molecule has 82 valence electrons. The van der Waals surface area contributed by atoms with Crippen molar-refractivity contribution in [2.45, 2.75) is 40.2 Å². The maximum absolute atomic E-state index is 11.7. The smallest absolute Gasteiger partial charge is 0.357 e. The van der Waals surface area contributed by atoms with Crippen molar-refractivity contribution in [2.75, 3.05) is 0 Å². The van der Waals surface area contributed by atoms with Crippen LogP contribution in [0.5, 0.6) is 0 Å². The lowest BCUT2D eigenvalue weighted by Crippen LogP contribution is -2.25. The Hall–Kier alpha value is -1.38. The zero-order valence-corrected chi connectivity index (χ0v) is 9.92. The molecule has 0 aliphatic carbocycles. The standard InChI is InChI=1S/C12H17NO2/c1-8-6-7-9(2)13-10(8)11(14)15-12(3,4)5/h6-7H,1-5H3. The van der Waals surface area contributed by atoms with Crippen LogP contribution in [0.1, 0.15) is 42.5 Å². The first-order chi connectivity index (χ1) is 6.79. The van der Waals surface area contributed by atoms with Crippen LogP contribution in [-0.4, -0.2) is 16.6 Å². The Morgan fingerprint density at radius 1 is 1.27 bits per heavy atom. The van der Waals surface area contributed by atoms with Gasteiger partial charge in [0, 0.05) is 5.69 Å². The number of hydrogen-bond donors (Lipinski definition) is 0. The summed E-state index contributed by atoms with van der Waals surface area (Å²) in [5, 5.41) is 0. The molecule has 0 amide bonds. The highest BCUT2D eigenvalue weighted by molar-refractivity contribution is 5.89. The predicted molar refractivity (Wildman–Crippen MR) is 58.9 cm³/mol. The highest BCUT2D eigenvalue weighted by atomic mass is 16.6. The molecule has 1 rings (SSSR count). The number of aryl methyl sites for hydroxylation is 2. The molecule has 0 N–H and O–H groups in total. The van der Waals surface area contributed by atoms with Gasteiger partial charge in [-0.3, -0.25) is 0 Å². The Morgan fingerprint density at radius 3 is 2.40 bits per heavy atom. The summed E-state index contributed by atoms with van der Waals surface area (Å²) in [6.07, 6.45) is 0. The number of aromatic nitrogens is 1. The molecule has 0 unspecified atom stereocenters. The minimum absolute atomic E-state index is 0.358. The molecule has 0 saturated carbocycles. The quantitative estimate of drug-likeness (QED) is 0.664. The summed E-state index contributed by atoms with van der Waals surface area (Å²) in [4.78, 5) is 15.9. The largest absolute Gasteiger partial charge is 0.455 e. The Kier molecular flexibility index (Phi) is 3.12. The molecule has 0 radical (unpaired) electrons. The summed E-state index contributed by atoms with van der Waals surface area (Å²) in [5.41, 5.74) is 1.59. The summed E-state index contributed by atoms with van der Waals surface area (Å²) >= 11 is 0. The van der Waals surface area contributed by atoms with E-state index in [0.717, 1.165) is 11.3 Å². The number of carbonyl (C=O) groups excluding carboxylic acids is 1. The van der Waals surface area contributed by atoms with E-state index in [1.165, 1.54) is 0 Å². The molecule has 15 heavy (non-hydrogen) atoms. The maximum Gasteiger partial charge on any atom is 0.357 e. The Labute approximate surface area is 90.5 Å². The molecule has 1 aromatic rings. The van der Waals surface area contributed by atoms with Crippen molar-refractivity contribution in [1.29, 1.82) is 0 Å². The van der Waals surface area contributed by atoms with Crippen LogP contribution in [0.15, 0.2) is 12.1 Å². The van der Waals surface area contributed by atoms with E-state index in [4.69, 9.17) is 4.74 Å². The second kappa shape index (κ2) is 4.01. The Bertz CT molecular complexity index is 378. The lowest BCUT2D eigenvalue weighted by molar-refractivity contribution is 0.00617. The number of pyridine rings is 1. The van der Waals surface area contributed by atoms with Crippen LogP contribution in [-0.2, 0) is 4.74 Å². The lowest BCUT2D eigenvalue weighted by Gasteiger charge is -2.19. The SMILES string of the molecule is Cc1ccc(C)c(C(=O)OC(C)(C)C)n1. The minimum Gasteiger partial charge on any atom is -0.455 e. The van der Waals surface area contributed by atoms with Crippen molar-refractivity contribution in [3.63, 3.8) is 0 Å². The number of ether oxygens (including phenoxy) is 1. The van der Waals surface area contributed by atoms with Gasteiger partial charge in [-0.2, -0.15) is 0 Å². The molecule has 0 aromatic carbocycles. The highest BCUT2D eigenvalue weighted by Crippen LogP contribution is 2.13. The van der Waals surface area contributed by atoms with Crippen LogP contribution >= 0.6 is 0 Å². The zero-order chi connectivity index (χ0) is 11.6. The molecule has 0 spiro atoms. The van der Waals surface area contributed by atoms with E-state index in [0.29, 0.717) is 5.69 Å². The first kappa shape index (κ1) is 11.7. The molecule has 1 heterocycles. The van der Waals surface area contributed by atoms with Crippen molar-refractivity contribution < 1.29 is 9.53 Å². The molecule has 1 aromatic heterocycles. The molecular weight excluding hydrogens is 190 g/mol. The Morgan fingerprint density at radius 2 is 1.87 bits per heavy atom. The average Bonchev–Trinajstić information content (AvgIpc) is 2.06. The van der Waals surface area contributed by atoms with Gasteiger partial charge >= 0.3 is 5.97 Å². The second-order valence-corrected chi connectivity index (χ2v) is 4.62. The van der Waals surface area contributed by atoms with Gasteiger partial charge in [-0.05, 0) is 46.2 Å². The molecule has 3 nitrogen and oxygen atoms in total. The maximum atomic E-state index is 11.7. The first-order valence-corrected chi connectivity index (χ1v) is 4.97. The third-order valence-corrected chi connectivity index (χ3v) is 1.83. The monoisotopic (exact) mass is 207 g/mol. The van der Waals surface area contributed by atoms with Crippen molar-refractivity contribution in [1.82, 2.24) is 4.98 Å². The number of nitrogens with zero attached hydrogens (tertiary/aromatic N) is 1. The van der Waals surface area contributed by atoms with E-state index in [1.54, 1.807) is 0 Å². The average molecular weight is 207 g/mol. The summed E-state index contributed by atoms with van der Waals surface area (Å²) in [7, 11) is 0. The zero-order valence-electron chi connectivity index (χ0n) is 9.92. The third kappa shape index (κ3) is 3.35. The number of hydrogen-bond acceptors (Lipinski definition) is 3. The van der Waals surface area contributed by atoms with Gasteiger partial charge in [-0.25, -0.2) is 9.78 Å². The van der Waals surface area contributed by atoms with Gasteiger partial charge in [0.1, 0.15) is 5.60 Å². The number of carbonyl (C=O) groups is 1. The highest BCUT2D eigenvalue weighted by Gasteiger charge is 2.20. The number of esters is 1. The van der Waals surface area contributed by atoms with Crippen LogP contribution in [0.2, 0.25) is 0 Å². The van der Waals surface area contributed by atoms with Crippen LogP contribution in [0, 0.1) is 13.8 Å². The fourth-order valence-electron chi connectivity index (χ4n) is 1.16. The minimum atomic E-state index is -0.477. The third-order valence-electron chi connectivity index (χ3n) is 1.83. The van der Waals surface area contributed by atoms with Gasteiger partial charge in [-0.1, -0.05) is 6.07 Å². The van der Waals surface area contributed by atoms with Crippen LogP contribution in [0.25, 0.3) is 0 Å². The van der Waals surface area contributed by atoms with E-state index >= 15 is 0 Å². The number of rotatable bonds is 1. The predicted octanol–water partition coefficient (Wildman–Crippen LogP) is 2.65. The normalized spacial score (nSPS) is 11.3. The molecular formula is C12H17NO2. The van der Waals surface area contributed by atoms with Gasteiger partial charge in [0.2, 0.25) is 0 Å². The van der Waals surface area contributed by atoms with Crippen molar-refractivity contribution >= 4 is 5.97 Å². The molecule has 0 bridgehead atoms. The summed E-state index contributed by atoms with van der Waals surface area (Å²) in [5.74, 6) is -0.358. The van der Waals surface area contributed by atoms with Crippen LogP contribution < -0.4 is 0 Å². The van der Waals surface area contributed by atoms with Crippen LogP contribution in [0.3, 0.4) is 0 Å². The van der Waals surface area contributed by atoms with Gasteiger partial charge in [-0.15, -0.1) is 0 Å². The summed E-state index contributed by atoms with van der Waals surface area (Å²) < 4.78 is 5.26. The van der Waals surface area contributed by atoms with E-state index in [2.05, 4.69) is 4.98 Å². The van der Waals surface area contributed by atoms with Crippen molar-refractivity contribution in [3.05, 3.63) is 29.1 Å². The molecule has 0 aliphatic heterocycles. The summed E-state index contributed by atoms with van der Waals surface area (Å²) in [6.45, 7) is 9.24. The molecule has 0 fully saturated rings. The van der Waals surface area contributed by atoms with E-state index in [9.17, 15) is 4.79 Å². The first-order valence-electron chi connectivity index (χ1n) is 4.97. The van der Waals surface area contributed by atoms with Gasteiger partial charge in [0.05, 0.1) is 0 Å². The Balaban J connectivity index is 2.96. The van der Waals surface area contributed by atoms with Gasteiger partial charge < -0.3 is 4.74 Å². The summed E-state index contributed by atoms with van der Waals surface area (Å²) in [6, 6.07) is 3.75. The van der Waals surface area contributed by atoms with Crippen molar-refractivity contribution in [3.8, 4) is 0 Å². The molecule has 0 atom stereocenters. The van der Waals surface area contributed by atoms with Crippen molar-refractivity contribution in [2.24, 2.45) is 0 Å². The van der Waals surface area contributed by atoms with E-state index in [1.807, 2.05) is 46.8 Å². The molecule has 0 aliphatic rings. The lowest BCUT2D eigenvalue weighted by atomic mass is 10.1. The van der Waals surface area contributed by atoms with E-state index < -0.39 is 5.60 Å². The topological polar surface area (TPSA) is 39.2 Å². The molecule has 0 saturated heterocycles. The second-order valence-electron chi connectivity index (χ2n) is 4.62. The molecule has 3 heteroatoms.